The van der Waals surface area contributed by atoms with Crippen molar-refractivity contribution in [2.24, 2.45) is 0 Å². The first-order chi connectivity index (χ1) is 10.1. The zero-order valence-corrected chi connectivity index (χ0v) is 13.8. The van der Waals surface area contributed by atoms with Gasteiger partial charge >= 0.3 is 0 Å². The molecular formula is C16H20ClN3S. The number of rotatable bonds is 6. The van der Waals surface area contributed by atoms with Crippen LogP contribution in [-0.4, -0.2) is 17.3 Å². The smallest absolute Gasteiger partial charge is 0.128 e. The first-order valence-corrected chi connectivity index (χ1v) is 8.30. The van der Waals surface area contributed by atoms with Crippen LogP contribution in [0, 0.1) is 6.92 Å². The molecule has 1 aromatic carbocycles. The van der Waals surface area contributed by atoms with Crippen LogP contribution >= 0.6 is 23.4 Å². The number of anilines is 1. The van der Waals surface area contributed by atoms with Crippen molar-refractivity contribution in [2.75, 3.05) is 18.0 Å². The number of nitrogens with zero attached hydrogens (tertiary/aromatic N) is 1. The minimum Gasteiger partial charge on any atom is -0.383 e. The highest BCUT2D eigenvalue weighted by Crippen LogP contribution is 2.28. The standard InChI is InChI=1S/C16H20ClN3S/c1-3-19-15(14-7-11(2)9-20-16(14)18)10-21-13-6-4-5-12(17)8-13/h4-9,15,19H,3,10H2,1-2H3,(H2,18,20). The van der Waals surface area contributed by atoms with Gasteiger partial charge in [0.15, 0.2) is 0 Å². The zero-order chi connectivity index (χ0) is 15.2. The van der Waals surface area contributed by atoms with Crippen molar-refractivity contribution in [3.05, 3.63) is 52.7 Å². The number of nitrogen functional groups attached to an aromatic ring is 1. The van der Waals surface area contributed by atoms with Gasteiger partial charge in [-0.3, -0.25) is 0 Å². The summed E-state index contributed by atoms with van der Waals surface area (Å²) in [5, 5.41) is 4.24. The molecule has 1 atom stereocenters. The molecule has 0 aliphatic carbocycles. The minimum atomic E-state index is 0.173. The number of halogens is 1. The van der Waals surface area contributed by atoms with Crippen LogP contribution in [0.2, 0.25) is 5.02 Å². The second kappa shape index (κ2) is 7.69. The lowest BCUT2D eigenvalue weighted by atomic mass is 10.1. The van der Waals surface area contributed by atoms with Gasteiger partial charge in [0.2, 0.25) is 0 Å². The number of nitrogens with one attached hydrogen (secondary N) is 1. The van der Waals surface area contributed by atoms with Crippen molar-refractivity contribution in [1.29, 1.82) is 0 Å². The molecule has 1 heterocycles. The lowest BCUT2D eigenvalue weighted by Gasteiger charge is -2.19. The Balaban J connectivity index is 2.13. The third kappa shape index (κ3) is 4.63. The molecule has 21 heavy (non-hydrogen) atoms. The Kier molecular flexibility index (Phi) is 5.91. The summed E-state index contributed by atoms with van der Waals surface area (Å²) in [5.74, 6) is 1.47. The van der Waals surface area contributed by atoms with Gasteiger partial charge in [0, 0.05) is 33.5 Å². The molecular weight excluding hydrogens is 302 g/mol. The van der Waals surface area contributed by atoms with Crippen molar-refractivity contribution in [3.8, 4) is 0 Å². The largest absolute Gasteiger partial charge is 0.383 e. The second-order valence-electron chi connectivity index (χ2n) is 4.87. The summed E-state index contributed by atoms with van der Waals surface area (Å²) in [6.07, 6.45) is 1.80. The number of aromatic nitrogens is 1. The van der Waals surface area contributed by atoms with E-state index in [1.165, 1.54) is 0 Å². The summed E-state index contributed by atoms with van der Waals surface area (Å²) >= 11 is 7.79. The summed E-state index contributed by atoms with van der Waals surface area (Å²) < 4.78 is 0. The number of pyridine rings is 1. The highest BCUT2D eigenvalue weighted by atomic mass is 35.5. The third-order valence-electron chi connectivity index (χ3n) is 3.12. The van der Waals surface area contributed by atoms with Gasteiger partial charge in [-0.25, -0.2) is 4.98 Å². The quantitative estimate of drug-likeness (QED) is 0.787. The summed E-state index contributed by atoms with van der Waals surface area (Å²) in [5.41, 5.74) is 8.21. The molecule has 112 valence electrons. The summed E-state index contributed by atoms with van der Waals surface area (Å²) in [4.78, 5) is 5.42. The molecule has 0 saturated carbocycles. The normalized spacial score (nSPS) is 12.3. The van der Waals surface area contributed by atoms with E-state index < -0.39 is 0 Å². The number of benzene rings is 1. The molecule has 1 aromatic heterocycles. The Morgan fingerprint density at radius 1 is 1.38 bits per heavy atom. The predicted molar refractivity (Wildman–Crippen MR) is 92.0 cm³/mol. The summed E-state index contributed by atoms with van der Waals surface area (Å²) in [6, 6.07) is 10.2. The molecule has 0 amide bonds. The molecule has 2 aromatic rings. The molecule has 0 aliphatic rings. The SMILES string of the molecule is CCNC(CSc1cccc(Cl)c1)c1cc(C)cnc1N. The molecule has 3 nitrogen and oxygen atoms in total. The molecule has 1 unspecified atom stereocenters. The van der Waals surface area contributed by atoms with Crippen molar-refractivity contribution >= 4 is 29.2 Å². The van der Waals surface area contributed by atoms with Crippen LogP contribution in [-0.2, 0) is 0 Å². The first kappa shape index (κ1) is 16.1. The molecule has 3 N–H and O–H groups in total. The number of hydrogen-bond acceptors (Lipinski definition) is 4. The molecule has 0 bridgehead atoms. The molecule has 0 fully saturated rings. The lowest BCUT2D eigenvalue weighted by Crippen LogP contribution is -2.24. The summed E-state index contributed by atoms with van der Waals surface area (Å²) in [6.45, 7) is 5.01. The van der Waals surface area contributed by atoms with Crippen LogP contribution in [0.4, 0.5) is 5.82 Å². The topological polar surface area (TPSA) is 50.9 Å². The third-order valence-corrected chi connectivity index (χ3v) is 4.45. The van der Waals surface area contributed by atoms with E-state index in [-0.39, 0.29) is 6.04 Å². The average Bonchev–Trinajstić information content (AvgIpc) is 2.46. The molecule has 0 radical (unpaired) electrons. The van der Waals surface area contributed by atoms with E-state index in [9.17, 15) is 0 Å². The van der Waals surface area contributed by atoms with Gasteiger partial charge in [-0.2, -0.15) is 0 Å². The Bertz CT molecular complexity index is 604. The molecule has 2 rings (SSSR count). The molecule has 0 spiro atoms. The Morgan fingerprint density at radius 2 is 2.19 bits per heavy atom. The highest BCUT2D eigenvalue weighted by Gasteiger charge is 2.15. The first-order valence-electron chi connectivity index (χ1n) is 6.94. The lowest BCUT2D eigenvalue weighted by molar-refractivity contribution is 0.605. The number of hydrogen-bond donors (Lipinski definition) is 2. The Hall–Kier alpha value is -1.23. The number of thioether (sulfide) groups is 1. The van der Waals surface area contributed by atoms with Gasteiger partial charge in [-0.1, -0.05) is 24.6 Å². The van der Waals surface area contributed by atoms with Crippen LogP contribution in [0.3, 0.4) is 0 Å². The van der Waals surface area contributed by atoms with Crippen molar-refractivity contribution in [1.82, 2.24) is 10.3 Å². The number of nitrogens with two attached hydrogens (primary N) is 1. The zero-order valence-electron chi connectivity index (χ0n) is 12.3. The van der Waals surface area contributed by atoms with Crippen LogP contribution in [0.1, 0.15) is 24.1 Å². The minimum absolute atomic E-state index is 0.173. The van der Waals surface area contributed by atoms with E-state index in [2.05, 4.69) is 29.4 Å². The van der Waals surface area contributed by atoms with Crippen LogP contribution < -0.4 is 11.1 Å². The van der Waals surface area contributed by atoms with E-state index in [0.29, 0.717) is 5.82 Å². The van der Waals surface area contributed by atoms with Crippen LogP contribution in [0.15, 0.2) is 41.4 Å². The monoisotopic (exact) mass is 321 g/mol. The van der Waals surface area contributed by atoms with Gasteiger partial charge in [0.1, 0.15) is 5.82 Å². The molecule has 0 saturated heterocycles. The van der Waals surface area contributed by atoms with Crippen molar-refractivity contribution < 1.29 is 0 Å². The summed E-state index contributed by atoms with van der Waals surface area (Å²) in [7, 11) is 0. The molecule has 0 aliphatic heterocycles. The van der Waals surface area contributed by atoms with Crippen LogP contribution in [0.25, 0.3) is 0 Å². The van der Waals surface area contributed by atoms with E-state index in [4.69, 9.17) is 17.3 Å². The van der Waals surface area contributed by atoms with Gasteiger partial charge < -0.3 is 11.1 Å². The fourth-order valence-electron chi connectivity index (χ4n) is 2.12. The maximum Gasteiger partial charge on any atom is 0.128 e. The van der Waals surface area contributed by atoms with Crippen molar-refractivity contribution in [3.63, 3.8) is 0 Å². The Morgan fingerprint density at radius 3 is 2.90 bits per heavy atom. The fourth-order valence-corrected chi connectivity index (χ4v) is 3.42. The average molecular weight is 322 g/mol. The Labute approximate surface area is 135 Å². The van der Waals surface area contributed by atoms with Gasteiger partial charge in [-0.15, -0.1) is 11.8 Å². The van der Waals surface area contributed by atoms with E-state index >= 15 is 0 Å². The van der Waals surface area contributed by atoms with Gasteiger partial charge in [-0.05, 0) is 43.3 Å². The van der Waals surface area contributed by atoms with Gasteiger partial charge in [0.25, 0.3) is 0 Å². The van der Waals surface area contributed by atoms with Gasteiger partial charge in [0.05, 0.1) is 0 Å². The van der Waals surface area contributed by atoms with E-state index in [1.807, 2.05) is 25.1 Å². The van der Waals surface area contributed by atoms with E-state index in [0.717, 1.165) is 33.3 Å². The fraction of sp³-hybridized carbons (Fsp3) is 0.312. The predicted octanol–water partition coefficient (Wildman–Crippen LogP) is 4.07. The maximum atomic E-state index is 6.03. The second-order valence-corrected chi connectivity index (χ2v) is 6.40. The van der Waals surface area contributed by atoms with Crippen molar-refractivity contribution in [2.45, 2.75) is 24.8 Å². The molecule has 5 heteroatoms. The highest BCUT2D eigenvalue weighted by molar-refractivity contribution is 7.99. The number of aryl methyl sites for hydroxylation is 1. The maximum absolute atomic E-state index is 6.03. The van der Waals surface area contributed by atoms with E-state index in [1.54, 1.807) is 18.0 Å². The van der Waals surface area contributed by atoms with Crippen LogP contribution in [0.5, 0.6) is 0 Å².